The Kier molecular flexibility index (Phi) is 5.82. The van der Waals surface area contributed by atoms with Crippen molar-refractivity contribution in [3.8, 4) is 0 Å². The van der Waals surface area contributed by atoms with Crippen molar-refractivity contribution in [2.24, 2.45) is 0 Å². The summed E-state index contributed by atoms with van der Waals surface area (Å²) < 4.78 is 0. The molecule has 0 amide bonds. The molecule has 0 aromatic rings. The Morgan fingerprint density at radius 1 is 1.12 bits per heavy atom. The standard InChI is InChI=1S/C12H26N2O3/c1-10(15)7-14(8-11(2)16)9-12(17)3-5-13-6-4-12/h10-11,13,15-17H,3-9H2,1-2H3. The normalized spacial score (nSPS) is 23.6. The fourth-order valence-corrected chi connectivity index (χ4v) is 2.42. The maximum Gasteiger partial charge on any atom is 0.0798 e. The van der Waals surface area contributed by atoms with Crippen LogP contribution in [0.2, 0.25) is 0 Å². The molecule has 4 N–H and O–H groups in total. The van der Waals surface area contributed by atoms with E-state index in [1.807, 2.05) is 4.90 Å². The van der Waals surface area contributed by atoms with Gasteiger partial charge in [-0.15, -0.1) is 0 Å². The molecule has 0 radical (unpaired) electrons. The molecule has 0 bridgehead atoms. The lowest BCUT2D eigenvalue weighted by Gasteiger charge is -2.38. The van der Waals surface area contributed by atoms with Crippen molar-refractivity contribution in [1.82, 2.24) is 10.2 Å². The predicted octanol–water partition coefficient (Wildman–Crippen LogP) is -0.835. The molecule has 5 heteroatoms. The van der Waals surface area contributed by atoms with Crippen LogP contribution in [-0.4, -0.2) is 70.8 Å². The van der Waals surface area contributed by atoms with E-state index in [1.54, 1.807) is 13.8 Å². The van der Waals surface area contributed by atoms with Gasteiger partial charge in [-0.25, -0.2) is 0 Å². The van der Waals surface area contributed by atoms with Crippen LogP contribution in [0, 0.1) is 0 Å². The minimum atomic E-state index is -0.685. The third kappa shape index (κ3) is 5.79. The third-order valence-electron chi connectivity index (χ3n) is 3.10. The van der Waals surface area contributed by atoms with Gasteiger partial charge in [0.1, 0.15) is 0 Å². The summed E-state index contributed by atoms with van der Waals surface area (Å²) in [6, 6.07) is 0. The van der Waals surface area contributed by atoms with Crippen LogP contribution in [0.4, 0.5) is 0 Å². The van der Waals surface area contributed by atoms with Crippen molar-refractivity contribution >= 4 is 0 Å². The Bertz CT molecular complexity index is 206. The maximum absolute atomic E-state index is 10.4. The van der Waals surface area contributed by atoms with Gasteiger partial charge in [-0.05, 0) is 39.8 Å². The Morgan fingerprint density at radius 2 is 1.59 bits per heavy atom. The van der Waals surface area contributed by atoms with Crippen LogP contribution in [-0.2, 0) is 0 Å². The quantitative estimate of drug-likeness (QED) is 0.492. The molecule has 1 fully saturated rings. The molecular formula is C12H26N2O3. The minimum absolute atomic E-state index is 0.445. The SMILES string of the molecule is CC(O)CN(CC(C)O)CC1(O)CCNCC1. The van der Waals surface area contributed by atoms with Crippen LogP contribution in [0.5, 0.6) is 0 Å². The highest BCUT2D eigenvalue weighted by Crippen LogP contribution is 2.19. The van der Waals surface area contributed by atoms with E-state index in [-0.39, 0.29) is 0 Å². The Hall–Kier alpha value is -0.200. The van der Waals surface area contributed by atoms with E-state index in [1.165, 1.54) is 0 Å². The lowest BCUT2D eigenvalue weighted by molar-refractivity contribution is -0.0362. The van der Waals surface area contributed by atoms with Crippen molar-refractivity contribution < 1.29 is 15.3 Å². The summed E-state index contributed by atoms with van der Waals surface area (Å²) in [6.45, 7) is 6.59. The molecule has 1 heterocycles. The summed E-state index contributed by atoms with van der Waals surface area (Å²) in [4.78, 5) is 1.95. The zero-order valence-corrected chi connectivity index (χ0v) is 10.9. The van der Waals surface area contributed by atoms with Crippen LogP contribution in [0.15, 0.2) is 0 Å². The molecule has 1 aliphatic rings. The fraction of sp³-hybridized carbons (Fsp3) is 1.00. The maximum atomic E-state index is 10.4. The topological polar surface area (TPSA) is 76.0 Å². The number of aliphatic hydroxyl groups excluding tert-OH is 2. The molecule has 1 rings (SSSR count). The van der Waals surface area contributed by atoms with E-state index in [2.05, 4.69) is 5.32 Å². The van der Waals surface area contributed by atoms with Gasteiger partial charge in [-0.2, -0.15) is 0 Å². The summed E-state index contributed by atoms with van der Waals surface area (Å²) in [7, 11) is 0. The van der Waals surface area contributed by atoms with Gasteiger partial charge in [-0.3, -0.25) is 4.90 Å². The van der Waals surface area contributed by atoms with Crippen molar-refractivity contribution in [3.05, 3.63) is 0 Å². The molecule has 2 unspecified atom stereocenters. The zero-order chi connectivity index (χ0) is 12.9. The molecule has 0 saturated carbocycles. The number of hydrogen-bond acceptors (Lipinski definition) is 5. The largest absolute Gasteiger partial charge is 0.392 e. The van der Waals surface area contributed by atoms with E-state index in [0.29, 0.717) is 19.6 Å². The van der Waals surface area contributed by atoms with Crippen molar-refractivity contribution in [3.63, 3.8) is 0 Å². The van der Waals surface area contributed by atoms with Gasteiger partial charge < -0.3 is 20.6 Å². The summed E-state index contributed by atoms with van der Waals surface area (Å²) in [5.74, 6) is 0. The summed E-state index contributed by atoms with van der Waals surface area (Å²) in [6.07, 6.45) is 0.560. The van der Waals surface area contributed by atoms with E-state index in [4.69, 9.17) is 0 Å². The highest BCUT2D eigenvalue weighted by Gasteiger charge is 2.31. The smallest absolute Gasteiger partial charge is 0.0798 e. The summed E-state index contributed by atoms with van der Waals surface area (Å²) >= 11 is 0. The van der Waals surface area contributed by atoms with Gasteiger partial charge >= 0.3 is 0 Å². The first-order chi connectivity index (χ1) is 7.91. The van der Waals surface area contributed by atoms with E-state index in [9.17, 15) is 15.3 Å². The highest BCUT2D eigenvalue weighted by atomic mass is 16.3. The van der Waals surface area contributed by atoms with E-state index < -0.39 is 17.8 Å². The first-order valence-corrected chi connectivity index (χ1v) is 6.43. The first kappa shape index (κ1) is 14.9. The molecule has 102 valence electrons. The molecule has 1 saturated heterocycles. The highest BCUT2D eigenvalue weighted by molar-refractivity contribution is 4.88. The average molecular weight is 246 g/mol. The second kappa shape index (κ2) is 6.66. The van der Waals surface area contributed by atoms with Gasteiger partial charge in [-0.1, -0.05) is 0 Å². The van der Waals surface area contributed by atoms with Crippen LogP contribution in [0.3, 0.4) is 0 Å². The number of aliphatic hydroxyl groups is 3. The predicted molar refractivity (Wildman–Crippen MR) is 66.9 cm³/mol. The van der Waals surface area contributed by atoms with Crippen LogP contribution in [0.1, 0.15) is 26.7 Å². The fourth-order valence-electron chi connectivity index (χ4n) is 2.42. The van der Waals surface area contributed by atoms with E-state index >= 15 is 0 Å². The Morgan fingerprint density at radius 3 is 2.00 bits per heavy atom. The molecule has 0 aliphatic carbocycles. The van der Waals surface area contributed by atoms with Crippen LogP contribution >= 0.6 is 0 Å². The third-order valence-corrected chi connectivity index (χ3v) is 3.10. The van der Waals surface area contributed by atoms with Crippen molar-refractivity contribution in [2.75, 3.05) is 32.7 Å². The average Bonchev–Trinajstić information content (AvgIpc) is 2.15. The number of rotatable bonds is 6. The van der Waals surface area contributed by atoms with Gasteiger partial charge in [0, 0.05) is 19.6 Å². The van der Waals surface area contributed by atoms with Gasteiger partial charge in [0.2, 0.25) is 0 Å². The van der Waals surface area contributed by atoms with E-state index in [0.717, 1.165) is 25.9 Å². The first-order valence-electron chi connectivity index (χ1n) is 6.43. The lowest BCUT2D eigenvalue weighted by Crippen LogP contribution is -2.52. The van der Waals surface area contributed by atoms with Gasteiger partial charge in [0.15, 0.2) is 0 Å². The van der Waals surface area contributed by atoms with Crippen LogP contribution in [0.25, 0.3) is 0 Å². The lowest BCUT2D eigenvalue weighted by atomic mass is 9.91. The molecule has 0 aromatic carbocycles. The summed E-state index contributed by atoms with van der Waals surface area (Å²) in [5, 5.41) is 32.5. The second-order valence-corrected chi connectivity index (χ2v) is 5.37. The Labute approximate surface area is 103 Å². The van der Waals surface area contributed by atoms with Crippen molar-refractivity contribution in [2.45, 2.75) is 44.5 Å². The monoisotopic (exact) mass is 246 g/mol. The molecular weight excluding hydrogens is 220 g/mol. The molecule has 1 aliphatic heterocycles. The Balaban J connectivity index is 2.50. The number of hydrogen-bond donors (Lipinski definition) is 4. The molecule has 5 nitrogen and oxygen atoms in total. The number of nitrogens with zero attached hydrogens (tertiary/aromatic N) is 1. The summed E-state index contributed by atoms with van der Waals surface area (Å²) in [5.41, 5.74) is -0.685. The van der Waals surface area contributed by atoms with Gasteiger partial charge in [0.05, 0.1) is 17.8 Å². The zero-order valence-electron chi connectivity index (χ0n) is 10.9. The van der Waals surface area contributed by atoms with Gasteiger partial charge in [0.25, 0.3) is 0 Å². The molecule has 0 spiro atoms. The number of nitrogens with one attached hydrogen (secondary N) is 1. The molecule has 2 atom stereocenters. The van der Waals surface area contributed by atoms with Crippen LogP contribution < -0.4 is 5.32 Å². The van der Waals surface area contributed by atoms with Crippen molar-refractivity contribution in [1.29, 1.82) is 0 Å². The number of piperidine rings is 1. The second-order valence-electron chi connectivity index (χ2n) is 5.37. The minimum Gasteiger partial charge on any atom is -0.392 e. The molecule has 0 aromatic heterocycles. The molecule has 17 heavy (non-hydrogen) atoms.